The molecule has 0 saturated carbocycles. The lowest BCUT2D eigenvalue weighted by Gasteiger charge is -2.12. The smallest absolute Gasteiger partial charge is 0.271 e. The second kappa shape index (κ2) is 8.50. The lowest BCUT2D eigenvalue weighted by Crippen LogP contribution is -2.17. The van der Waals surface area contributed by atoms with Crippen LogP contribution < -0.4 is 10.2 Å². The molecule has 1 amide bonds. The van der Waals surface area contributed by atoms with E-state index < -0.39 is 0 Å². The zero-order valence-electron chi connectivity index (χ0n) is 15.7. The summed E-state index contributed by atoms with van der Waals surface area (Å²) in [7, 11) is 1.58. The van der Waals surface area contributed by atoms with Crippen molar-refractivity contribution >= 4 is 35.3 Å². The number of aromatic nitrogens is 1. The van der Waals surface area contributed by atoms with Crippen molar-refractivity contribution in [1.29, 1.82) is 0 Å². The Morgan fingerprint density at radius 3 is 2.50 bits per heavy atom. The minimum Gasteiger partial charge on any atom is -0.497 e. The zero-order chi connectivity index (χ0) is 20.3. The fraction of sp³-hybridized carbons (Fsp3) is 0.143. The van der Waals surface area contributed by atoms with E-state index in [9.17, 15) is 4.79 Å². The van der Waals surface area contributed by atoms with Crippen LogP contribution >= 0.6 is 23.2 Å². The maximum absolute atomic E-state index is 12.2. The SMILES string of the molecule is COc1ccc(C(=O)N/N=C\c2cc(C)n(-c3cc(Cl)ccc3Cl)c2C)cc1. The highest BCUT2D eigenvalue weighted by molar-refractivity contribution is 6.34. The average Bonchev–Trinajstić information content (AvgIpc) is 2.97. The molecule has 0 fully saturated rings. The molecule has 0 saturated heterocycles. The summed E-state index contributed by atoms with van der Waals surface area (Å²) in [6.07, 6.45) is 1.61. The number of nitrogens with zero attached hydrogens (tertiary/aromatic N) is 2. The molecule has 0 aliphatic carbocycles. The molecule has 3 aromatic rings. The molecule has 5 nitrogen and oxygen atoms in total. The van der Waals surface area contributed by atoms with Crippen LogP contribution in [0, 0.1) is 13.8 Å². The van der Waals surface area contributed by atoms with Crippen LogP contribution in [0.15, 0.2) is 53.6 Å². The van der Waals surface area contributed by atoms with Gasteiger partial charge in [-0.1, -0.05) is 23.2 Å². The zero-order valence-corrected chi connectivity index (χ0v) is 17.2. The largest absolute Gasteiger partial charge is 0.497 e. The molecular formula is C21H19Cl2N3O2. The molecule has 0 aliphatic rings. The van der Waals surface area contributed by atoms with E-state index in [0.29, 0.717) is 21.4 Å². The number of methoxy groups -OCH3 is 1. The van der Waals surface area contributed by atoms with E-state index in [1.165, 1.54) is 0 Å². The van der Waals surface area contributed by atoms with Gasteiger partial charge in [0.2, 0.25) is 0 Å². The van der Waals surface area contributed by atoms with Crippen molar-refractivity contribution in [2.24, 2.45) is 5.10 Å². The third-order valence-corrected chi connectivity index (χ3v) is 4.90. The molecule has 1 N–H and O–H groups in total. The van der Waals surface area contributed by atoms with Crippen LogP contribution in [0.5, 0.6) is 5.75 Å². The van der Waals surface area contributed by atoms with Crippen LogP contribution in [0.2, 0.25) is 10.0 Å². The van der Waals surface area contributed by atoms with Crippen LogP contribution in [-0.2, 0) is 0 Å². The number of aryl methyl sites for hydroxylation is 1. The number of benzene rings is 2. The van der Waals surface area contributed by atoms with E-state index in [4.69, 9.17) is 27.9 Å². The quantitative estimate of drug-likeness (QED) is 0.461. The monoisotopic (exact) mass is 415 g/mol. The Bertz CT molecular complexity index is 1040. The summed E-state index contributed by atoms with van der Waals surface area (Å²) in [4.78, 5) is 12.2. The lowest BCUT2D eigenvalue weighted by atomic mass is 10.2. The first-order chi connectivity index (χ1) is 13.4. The fourth-order valence-electron chi connectivity index (χ4n) is 2.91. The molecule has 144 valence electrons. The molecule has 0 bridgehead atoms. The van der Waals surface area contributed by atoms with Gasteiger partial charge in [0.1, 0.15) is 5.75 Å². The molecule has 3 rings (SSSR count). The summed E-state index contributed by atoms with van der Waals surface area (Å²) in [5.74, 6) is 0.387. The van der Waals surface area contributed by atoms with Gasteiger partial charge in [0.15, 0.2) is 0 Å². The van der Waals surface area contributed by atoms with Gasteiger partial charge >= 0.3 is 0 Å². The Hall–Kier alpha value is -2.76. The van der Waals surface area contributed by atoms with Gasteiger partial charge in [-0.05, 0) is 62.4 Å². The van der Waals surface area contributed by atoms with Crippen molar-refractivity contribution in [2.75, 3.05) is 7.11 Å². The van der Waals surface area contributed by atoms with Gasteiger partial charge in [-0.2, -0.15) is 5.10 Å². The van der Waals surface area contributed by atoms with Crippen LogP contribution in [0.25, 0.3) is 5.69 Å². The van der Waals surface area contributed by atoms with Gasteiger partial charge in [-0.3, -0.25) is 4.79 Å². The molecular weight excluding hydrogens is 397 g/mol. The number of ether oxygens (including phenoxy) is 1. The number of carbonyl (C=O) groups excluding carboxylic acids is 1. The summed E-state index contributed by atoms with van der Waals surface area (Å²) >= 11 is 12.5. The summed E-state index contributed by atoms with van der Waals surface area (Å²) in [5, 5.41) is 5.29. The van der Waals surface area contributed by atoms with Crippen molar-refractivity contribution < 1.29 is 9.53 Å². The number of carbonyl (C=O) groups is 1. The minimum absolute atomic E-state index is 0.300. The van der Waals surface area contributed by atoms with E-state index in [1.807, 2.05) is 30.5 Å². The van der Waals surface area contributed by atoms with Crippen molar-refractivity contribution in [1.82, 2.24) is 9.99 Å². The average molecular weight is 416 g/mol. The van der Waals surface area contributed by atoms with Crippen molar-refractivity contribution in [2.45, 2.75) is 13.8 Å². The molecule has 0 unspecified atom stereocenters. The standard InChI is InChI=1S/C21H19Cl2N3O2/c1-13-10-16(14(2)26(13)20-11-17(22)6-9-19(20)23)12-24-25-21(27)15-4-7-18(28-3)8-5-15/h4-12H,1-3H3,(H,25,27)/b24-12-. The fourth-order valence-corrected chi connectivity index (χ4v) is 3.28. The molecule has 2 aromatic carbocycles. The number of amides is 1. The summed E-state index contributed by atoms with van der Waals surface area (Å²) < 4.78 is 7.09. The molecule has 7 heteroatoms. The van der Waals surface area contributed by atoms with Gasteiger partial charge in [-0.25, -0.2) is 5.43 Å². The predicted molar refractivity (Wildman–Crippen MR) is 113 cm³/mol. The number of hydrazone groups is 1. The van der Waals surface area contributed by atoms with Gasteiger partial charge in [0.05, 0.1) is 24.0 Å². The van der Waals surface area contributed by atoms with Crippen molar-refractivity contribution in [3.63, 3.8) is 0 Å². The van der Waals surface area contributed by atoms with E-state index in [0.717, 1.165) is 22.6 Å². The Morgan fingerprint density at radius 2 is 1.82 bits per heavy atom. The van der Waals surface area contributed by atoms with Crippen LogP contribution in [0.1, 0.15) is 27.3 Å². The van der Waals surface area contributed by atoms with Gasteiger partial charge in [0, 0.05) is 27.5 Å². The molecule has 0 spiro atoms. The Labute approximate surface area is 173 Å². The highest BCUT2D eigenvalue weighted by Gasteiger charge is 2.13. The van der Waals surface area contributed by atoms with Gasteiger partial charge < -0.3 is 9.30 Å². The van der Waals surface area contributed by atoms with E-state index in [2.05, 4.69) is 10.5 Å². The first-order valence-electron chi connectivity index (χ1n) is 8.52. The number of rotatable bonds is 5. The van der Waals surface area contributed by atoms with Gasteiger partial charge in [-0.15, -0.1) is 0 Å². The Kier molecular flexibility index (Phi) is 6.07. The van der Waals surface area contributed by atoms with E-state index in [-0.39, 0.29) is 5.91 Å². The Morgan fingerprint density at radius 1 is 1.11 bits per heavy atom. The van der Waals surface area contributed by atoms with Crippen molar-refractivity contribution in [3.05, 3.63) is 81.1 Å². The first-order valence-corrected chi connectivity index (χ1v) is 9.28. The molecule has 0 atom stereocenters. The van der Waals surface area contributed by atoms with Crippen LogP contribution in [0.4, 0.5) is 0 Å². The maximum atomic E-state index is 12.2. The highest BCUT2D eigenvalue weighted by Crippen LogP contribution is 2.28. The van der Waals surface area contributed by atoms with Crippen LogP contribution in [-0.4, -0.2) is 23.8 Å². The Balaban J connectivity index is 1.79. The van der Waals surface area contributed by atoms with Crippen molar-refractivity contribution in [3.8, 4) is 11.4 Å². The molecule has 0 radical (unpaired) electrons. The molecule has 1 aromatic heterocycles. The molecule has 0 aliphatic heterocycles. The third kappa shape index (κ3) is 4.21. The lowest BCUT2D eigenvalue weighted by molar-refractivity contribution is 0.0955. The molecule has 28 heavy (non-hydrogen) atoms. The summed E-state index contributed by atoms with van der Waals surface area (Å²) in [5.41, 5.74) is 6.60. The minimum atomic E-state index is -0.300. The first kappa shape index (κ1) is 20.0. The third-order valence-electron chi connectivity index (χ3n) is 4.34. The van der Waals surface area contributed by atoms with Gasteiger partial charge in [0.25, 0.3) is 5.91 Å². The second-order valence-corrected chi connectivity index (χ2v) is 7.03. The summed E-state index contributed by atoms with van der Waals surface area (Å²) in [6, 6.07) is 14.1. The highest BCUT2D eigenvalue weighted by atomic mass is 35.5. The summed E-state index contributed by atoms with van der Waals surface area (Å²) in [6.45, 7) is 3.92. The number of halogens is 2. The number of hydrogen-bond acceptors (Lipinski definition) is 3. The second-order valence-electron chi connectivity index (χ2n) is 6.19. The number of nitrogens with one attached hydrogen (secondary N) is 1. The predicted octanol–water partition coefficient (Wildman–Crippen LogP) is 5.17. The van der Waals surface area contributed by atoms with Crippen LogP contribution in [0.3, 0.4) is 0 Å². The topological polar surface area (TPSA) is 55.6 Å². The normalized spacial score (nSPS) is 11.0. The maximum Gasteiger partial charge on any atom is 0.271 e. The van der Waals surface area contributed by atoms with E-state index in [1.54, 1.807) is 49.7 Å². The number of hydrogen-bond donors (Lipinski definition) is 1. The molecule has 1 heterocycles. The van der Waals surface area contributed by atoms with E-state index >= 15 is 0 Å².